The Labute approximate surface area is 117 Å². The highest BCUT2D eigenvalue weighted by Crippen LogP contribution is 2.14. The fraction of sp³-hybridized carbons (Fsp3) is 0.615. The highest BCUT2D eigenvalue weighted by Gasteiger charge is 2.33. The third kappa shape index (κ3) is 5.00. The summed E-state index contributed by atoms with van der Waals surface area (Å²) in [6.07, 6.45) is 2.36. The van der Waals surface area contributed by atoms with E-state index in [0.29, 0.717) is 6.42 Å². The zero-order chi connectivity index (χ0) is 15.0. The predicted octanol–water partition coefficient (Wildman–Crippen LogP) is 0.311. The van der Waals surface area contributed by atoms with Gasteiger partial charge in [-0.25, -0.2) is 4.79 Å². The largest absolute Gasteiger partial charge is 0.481 e. The smallest absolute Gasteiger partial charge is 0.407 e. The summed E-state index contributed by atoms with van der Waals surface area (Å²) in [7, 11) is 0. The van der Waals surface area contributed by atoms with Gasteiger partial charge >= 0.3 is 12.1 Å². The minimum Gasteiger partial charge on any atom is -0.481 e. The van der Waals surface area contributed by atoms with Gasteiger partial charge in [-0.3, -0.25) is 9.59 Å². The summed E-state index contributed by atoms with van der Waals surface area (Å²) < 4.78 is 4.68. The van der Waals surface area contributed by atoms with Crippen LogP contribution < -0.4 is 10.6 Å². The maximum atomic E-state index is 12.0. The number of amides is 1. The standard InChI is InChI=1S/C13H20N2O5/c1-2-8-20-13(19)15-7-5-9(12(17)18)11(16)10-4-3-6-14-10/h2,9-10,14H,1,3-8H2,(H,15,19)(H,17,18)/t9?,10-/m0/s1. The summed E-state index contributed by atoms with van der Waals surface area (Å²) in [6.45, 7) is 4.29. The van der Waals surface area contributed by atoms with Crippen LogP contribution in [0.15, 0.2) is 12.7 Å². The van der Waals surface area contributed by atoms with E-state index in [-0.39, 0.29) is 31.4 Å². The highest BCUT2D eigenvalue weighted by atomic mass is 16.5. The molecule has 3 N–H and O–H groups in total. The molecule has 1 rings (SSSR count). The molecule has 0 aromatic carbocycles. The van der Waals surface area contributed by atoms with Crippen LogP contribution in [0.5, 0.6) is 0 Å². The maximum absolute atomic E-state index is 12.0. The van der Waals surface area contributed by atoms with Gasteiger partial charge in [-0.1, -0.05) is 12.7 Å². The lowest BCUT2D eigenvalue weighted by molar-refractivity contribution is -0.147. The molecule has 20 heavy (non-hydrogen) atoms. The minimum atomic E-state index is -1.16. The van der Waals surface area contributed by atoms with Crippen molar-refractivity contribution in [1.29, 1.82) is 0 Å². The number of carbonyl (C=O) groups excluding carboxylic acids is 2. The third-order valence-electron chi connectivity index (χ3n) is 3.08. The van der Waals surface area contributed by atoms with E-state index in [1.54, 1.807) is 0 Å². The Morgan fingerprint density at radius 2 is 2.25 bits per heavy atom. The molecule has 1 amide bonds. The Hall–Kier alpha value is -1.89. The molecule has 0 aromatic heterocycles. The number of nitrogens with one attached hydrogen (secondary N) is 2. The summed E-state index contributed by atoms with van der Waals surface area (Å²) >= 11 is 0. The van der Waals surface area contributed by atoms with Gasteiger partial charge in [0.1, 0.15) is 12.5 Å². The average Bonchev–Trinajstić information content (AvgIpc) is 2.94. The molecular weight excluding hydrogens is 264 g/mol. The van der Waals surface area contributed by atoms with Crippen LogP contribution >= 0.6 is 0 Å². The Morgan fingerprint density at radius 3 is 2.80 bits per heavy atom. The third-order valence-corrected chi connectivity index (χ3v) is 3.08. The molecule has 1 fully saturated rings. The molecule has 0 spiro atoms. The maximum Gasteiger partial charge on any atom is 0.407 e. The molecule has 0 aliphatic carbocycles. The van der Waals surface area contributed by atoms with Gasteiger partial charge in [-0.05, 0) is 25.8 Å². The van der Waals surface area contributed by atoms with Gasteiger partial charge < -0.3 is 20.5 Å². The lowest BCUT2D eigenvalue weighted by Gasteiger charge is -2.16. The number of hydrogen-bond donors (Lipinski definition) is 3. The van der Waals surface area contributed by atoms with Crippen LogP contribution in [0.4, 0.5) is 4.79 Å². The van der Waals surface area contributed by atoms with Crippen LogP contribution in [0, 0.1) is 5.92 Å². The molecule has 0 bridgehead atoms. The highest BCUT2D eigenvalue weighted by molar-refractivity contribution is 6.01. The molecule has 1 aliphatic heterocycles. The van der Waals surface area contributed by atoms with Crippen molar-refractivity contribution in [1.82, 2.24) is 10.6 Å². The first kappa shape index (κ1) is 16.2. The monoisotopic (exact) mass is 284 g/mol. The lowest BCUT2D eigenvalue weighted by Crippen LogP contribution is -2.40. The van der Waals surface area contributed by atoms with Crippen LogP contribution in [-0.4, -0.2) is 48.7 Å². The fourth-order valence-corrected chi connectivity index (χ4v) is 2.06. The second-order valence-corrected chi connectivity index (χ2v) is 4.54. The van der Waals surface area contributed by atoms with Crippen molar-refractivity contribution in [3.8, 4) is 0 Å². The van der Waals surface area contributed by atoms with E-state index in [2.05, 4.69) is 21.9 Å². The fourth-order valence-electron chi connectivity index (χ4n) is 2.06. The van der Waals surface area contributed by atoms with Crippen LogP contribution in [0.25, 0.3) is 0 Å². The van der Waals surface area contributed by atoms with Crippen molar-refractivity contribution in [3.05, 3.63) is 12.7 Å². The molecule has 1 aliphatic rings. The van der Waals surface area contributed by atoms with Gasteiger partial charge in [-0.15, -0.1) is 0 Å². The van der Waals surface area contributed by atoms with E-state index in [9.17, 15) is 14.4 Å². The molecule has 7 nitrogen and oxygen atoms in total. The molecule has 7 heteroatoms. The lowest BCUT2D eigenvalue weighted by atomic mass is 9.94. The van der Waals surface area contributed by atoms with Crippen molar-refractivity contribution in [2.45, 2.75) is 25.3 Å². The topological polar surface area (TPSA) is 105 Å². The van der Waals surface area contributed by atoms with E-state index in [1.807, 2.05) is 0 Å². The number of Topliss-reactive ketones (excluding diaryl/α,β-unsaturated/α-hetero) is 1. The average molecular weight is 284 g/mol. The van der Waals surface area contributed by atoms with Crippen molar-refractivity contribution in [3.63, 3.8) is 0 Å². The Morgan fingerprint density at radius 1 is 1.50 bits per heavy atom. The van der Waals surface area contributed by atoms with E-state index in [1.165, 1.54) is 6.08 Å². The Kier molecular flexibility index (Phi) is 6.72. The summed E-state index contributed by atoms with van der Waals surface area (Å²) in [6, 6.07) is -0.385. The number of ketones is 1. The first-order valence-electron chi connectivity index (χ1n) is 6.57. The first-order chi connectivity index (χ1) is 9.56. The molecular formula is C13H20N2O5. The SMILES string of the molecule is C=CCOC(=O)NCCC(C(=O)O)C(=O)[C@@H]1CCCN1. The molecule has 1 saturated heterocycles. The second-order valence-electron chi connectivity index (χ2n) is 4.54. The summed E-state index contributed by atoms with van der Waals surface area (Å²) in [5, 5.41) is 14.5. The minimum absolute atomic E-state index is 0.0511. The zero-order valence-corrected chi connectivity index (χ0v) is 11.3. The summed E-state index contributed by atoms with van der Waals surface area (Å²) in [5.41, 5.74) is 0. The van der Waals surface area contributed by atoms with Gasteiger partial charge in [0.05, 0.1) is 6.04 Å². The summed E-state index contributed by atoms with van der Waals surface area (Å²) in [4.78, 5) is 34.3. The molecule has 2 atom stereocenters. The van der Waals surface area contributed by atoms with Crippen molar-refractivity contribution < 1.29 is 24.2 Å². The molecule has 0 radical (unpaired) electrons. The van der Waals surface area contributed by atoms with E-state index < -0.39 is 18.0 Å². The first-order valence-corrected chi connectivity index (χ1v) is 6.57. The number of aliphatic carboxylic acids is 1. The van der Waals surface area contributed by atoms with Gasteiger partial charge in [0.15, 0.2) is 5.78 Å². The molecule has 1 heterocycles. The Bertz CT molecular complexity index is 377. The normalized spacial score (nSPS) is 19.1. The van der Waals surface area contributed by atoms with Crippen LogP contribution in [-0.2, 0) is 14.3 Å². The van der Waals surface area contributed by atoms with Gasteiger partial charge in [0.2, 0.25) is 0 Å². The van der Waals surface area contributed by atoms with E-state index in [0.717, 1.165) is 13.0 Å². The second kappa shape index (κ2) is 8.31. The number of rotatable bonds is 8. The zero-order valence-electron chi connectivity index (χ0n) is 11.3. The van der Waals surface area contributed by atoms with Crippen LogP contribution in [0.2, 0.25) is 0 Å². The van der Waals surface area contributed by atoms with Crippen molar-refractivity contribution in [2.24, 2.45) is 5.92 Å². The number of carbonyl (C=O) groups is 3. The molecule has 112 valence electrons. The number of hydrogen-bond acceptors (Lipinski definition) is 5. The van der Waals surface area contributed by atoms with E-state index >= 15 is 0 Å². The molecule has 0 saturated carbocycles. The number of carboxylic acids is 1. The Balaban J connectivity index is 2.39. The van der Waals surface area contributed by atoms with Gasteiger partial charge in [0, 0.05) is 6.54 Å². The van der Waals surface area contributed by atoms with Gasteiger partial charge in [0.25, 0.3) is 0 Å². The van der Waals surface area contributed by atoms with Crippen LogP contribution in [0.3, 0.4) is 0 Å². The number of ether oxygens (including phenoxy) is 1. The molecule has 0 aromatic rings. The predicted molar refractivity (Wildman–Crippen MR) is 71.3 cm³/mol. The van der Waals surface area contributed by atoms with E-state index in [4.69, 9.17) is 5.11 Å². The number of carboxylic acid groups (broad SMARTS) is 1. The quantitative estimate of drug-likeness (QED) is 0.438. The summed E-state index contributed by atoms with van der Waals surface area (Å²) in [5.74, 6) is -2.59. The van der Waals surface area contributed by atoms with Crippen molar-refractivity contribution in [2.75, 3.05) is 19.7 Å². The van der Waals surface area contributed by atoms with Crippen molar-refractivity contribution >= 4 is 17.8 Å². The number of alkyl carbamates (subject to hydrolysis) is 1. The van der Waals surface area contributed by atoms with Gasteiger partial charge in [-0.2, -0.15) is 0 Å². The molecule has 1 unspecified atom stereocenters. The van der Waals surface area contributed by atoms with Crippen LogP contribution in [0.1, 0.15) is 19.3 Å².